The highest BCUT2D eigenvalue weighted by atomic mass is 28.4. The van der Waals surface area contributed by atoms with Crippen LogP contribution in [0.4, 0.5) is 4.39 Å². The van der Waals surface area contributed by atoms with Gasteiger partial charge in [0.25, 0.3) is 0 Å². The van der Waals surface area contributed by atoms with E-state index in [1.807, 2.05) is 19.9 Å². The lowest BCUT2D eigenvalue weighted by atomic mass is 9.99. The molecule has 6 heteroatoms. The molecule has 0 saturated heterocycles. The highest BCUT2D eigenvalue weighted by Crippen LogP contribution is 2.38. The smallest absolute Gasteiger partial charge is 0.218 e. The van der Waals surface area contributed by atoms with E-state index in [0.717, 1.165) is 22.6 Å². The van der Waals surface area contributed by atoms with Crippen molar-refractivity contribution < 1.29 is 13.3 Å². The van der Waals surface area contributed by atoms with Crippen molar-refractivity contribution in [1.82, 2.24) is 10.1 Å². The van der Waals surface area contributed by atoms with Crippen molar-refractivity contribution in [3.8, 4) is 11.1 Å². The SMILES string of the molecule is CCc1onc(C)c1-c1ccnc(F)c1CO[Si](C)(C)C(C)(C)C. The first kappa shape index (κ1) is 18.8. The van der Waals surface area contributed by atoms with Gasteiger partial charge in [-0.15, -0.1) is 0 Å². The third-order valence-electron chi connectivity index (χ3n) is 4.91. The lowest BCUT2D eigenvalue weighted by Gasteiger charge is -2.36. The maximum Gasteiger partial charge on any atom is 0.218 e. The average molecular weight is 351 g/mol. The quantitative estimate of drug-likeness (QED) is 0.544. The molecule has 0 aliphatic carbocycles. The molecule has 2 rings (SSSR count). The first-order chi connectivity index (χ1) is 11.1. The largest absolute Gasteiger partial charge is 0.412 e. The zero-order valence-electron chi connectivity index (χ0n) is 15.7. The number of aryl methyl sites for hydroxylation is 2. The van der Waals surface area contributed by atoms with Gasteiger partial charge in [-0.25, -0.2) is 4.98 Å². The summed E-state index contributed by atoms with van der Waals surface area (Å²) in [5.74, 6) is 0.264. The van der Waals surface area contributed by atoms with E-state index in [1.165, 1.54) is 6.20 Å². The molecule has 0 saturated carbocycles. The molecule has 0 radical (unpaired) electrons. The predicted octanol–water partition coefficient (Wildman–Crippen LogP) is 5.27. The van der Waals surface area contributed by atoms with Gasteiger partial charge in [0.15, 0.2) is 8.32 Å². The van der Waals surface area contributed by atoms with Crippen molar-refractivity contribution in [2.75, 3.05) is 0 Å². The first-order valence-corrected chi connectivity index (χ1v) is 11.2. The van der Waals surface area contributed by atoms with Gasteiger partial charge in [-0.1, -0.05) is 32.9 Å². The van der Waals surface area contributed by atoms with E-state index in [0.29, 0.717) is 12.0 Å². The maximum absolute atomic E-state index is 14.5. The molecule has 24 heavy (non-hydrogen) atoms. The molecule has 2 heterocycles. The van der Waals surface area contributed by atoms with Crippen LogP contribution in [0, 0.1) is 12.9 Å². The van der Waals surface area contributed by atoms with Crippen molar-refractivity contribution in [2.45, 2.75) is 65.8 Å². The van der Waals surface area contributed by atoms with Crippen LogP contribution >= 0.6 is 0 Å². The van der Waals surface area contributed by atoms with Crippen LogP contribution in [0.3, 0.4) is 0 Å². The Morgan fingerprint density at radius 3 is 2.54 bits per heavy atom. The Bertz CT molecular complexity index is 720. The normalized spacial score (nSPS) is 12.7. The Kier molecular flexibility index (Phi) is 5.30. The Balaban J connectivity index is 2.43. The first-order valence-electron chi connectivity index (χ1n) is 8.31. The second-order valence-electron chi connectivity index (χ2n) is 7.60. The molecule has 0 bridgehead atoms. The lowest BCUT2D eigenvalue weighted by Crippen LogP contribution is -2.40. The van der Waals surface area contributed by atoms with Crippen LogP contribution in [-0.2, 0) is 17.5 Å². The maximum atomic E-state index is 14.5. The monoisotopic (exact) mass is 350 g/mol. The van der Waals surface area contributed by atoms with Crippen LogP contribution in [-0.4, -0.2) is 18.5 Å². The van der Waals surface area contributed by atoms with Crippen molar-refractivity contribution in [2.24, 2.45) is 0 Å². The number of aromatic nitrogens is 2. The molecule has 0 amide bonds. The van der Waals surface area contributed by atoms with Gasteiger partial charge in [0.05, 0.1) is 12.3 Å². The van der Waals surface area contributed by atoms with E-state index in [1.54, 1.807) is 0 Å². The lowest BCUT2D eigenvalue weighted by molar-refractivity contribution is 0.270. The Morgan fingerprint density at radius 1 is 1.29 bits per heavy atom. The predicted molar refractivity (Wildman–Crippen MR) is 95.8 cm³/mol. The topological polar surface area (TPSA) is 48.2 Å². The van der Waals surface area contributed by atoms with Crippen LogP contribution in [0.25, 0.3) is 11.1 Å². The van der Waals surface area contributed by atoms with Crippen LogP contribution < -0.4 is 0 Å². The van der Waals surface area contributed by atoms with Gasteiger partial charge >= 0.3 is 0 Å². The van der Waals surface area contributed by atoms with Crippen LogP contribution in [0.5, 0.6) is 0 Å². The zero-order valence-corrected chi connectivity index (χ0v) is 16.7. The minimum absolute atomic E-state index is 0.0630. The zero-order chi connectivity index (χ0) is 18.1. The molecule has 0 aliphatic rings. The van der Waals surface area contributed by atoms with E-state index in [4.69, 9.17) is 8.95 Å². The van der Waals surface area contributed by atoms with Gasteiger partial charge in [-0.3, -0.25) is 0 Å². The Morgan fingerprint density at radius 2 is 1.96 bits per heavy atom. The summed E-state index contributed by atoms with van der Waals surface area (Å²) in [6.45, 7) is 14.9. The summed E-state index contributed by atoms with van der Waals surface area (Å²) in [7, 11) is -1.99. The Hall–Kier alpha value is -1.53. The molecule has 0 N–H and O–H groups in total. The fourth-order valence-electron chi connectivity index (χ4n) is 2.31. The Labute approximate surface area is 144 Å². The third-order valence-corrected chi connectivity index (χ3v) is 9.39. The number of nitrogens with zero attached hydrogens (tertiary/aromatic N) is 2. The summed E-state index contributed by atoms with van der Waals surface area (Å²) in [6, 6.07) is 1.81. The molecule has 0 unspecified atom stereocenters. The molecule has 4 nitrogen and oxygen atoms in total. The molecule has 0 aliphatic heterocycles. The van der Waals surface area contributed by atoms with Crippen molar-refractivity contribution in [3.63, 3.8) is 0 Å². The highest BCUT2D eigenvalue weighted by molar-refractivity contribution is 6.74. The molecule has 0 atom stereocenters. The molecule has 132 valence electrons. The van der Waals surface area contributed by atoms with E-state index in [2.05, 4.69) is 44.0 Å². The molecule has 0 aromatic carbocycles. The molecule has 0 spiro atoms. The van der Waals surface area contributed by atoms with E-state index in [-0.39, 0.29) is 11.6 Å². The fourth-order valence-corrected chi connectivity index (χ4v) is 3.25. The summed E-state index contributed by atoms with van der Waals surface area (Å²) in [5, 5.41) is 4.10. The van der Waals surface area contributed by atoms with Crippen molar-refractivity contribution in [1.29, 1.82) is 0 Å². The van der Waals surface area contributed by atoms with Gasteiger partial charge in [-0.2, -0.15) is 4.39 Å². The number of hydrogen-bond donors (Lipinski definition) is 0. The van der Waals surface area contributed by atoms with Gasteiger partial charge in [0.1, 0.15) is 5.76 Å². The second-order valence-corrected chi connectivity index (χ2v) is 12.4. The summed E-state index contributed by atoms with van der Waals surface area (Å²) in [5.41, 5.74) is 2.85. The van der Waals surface area contributed by atoms with Crippen LogP contribution in [0.1, 0.15) is 44.7 Å². The molecule has 2 aromatic heterocycles. The van der Waals surface area contributed by atoms with E-state index < -0.39 is 14.3 Å². The summed E-state index contributed by atoms with van der Waals surface area (Å²) in [4.78, 5) is 3.82. The summed E-state index contributed by atoms with van der Waals surface area (Å²) >= 11 is 0. The number of halogens is 1. The molecular formula is C18H27FN2O2Si. The minimum Gasteiger partial charge on any atom is -0.412 e. The summed E-state index contributed by atoms with van der Waals surface area (Å²) < 4.78 is 26.0. The van der Waals surface area contributed by atoms with Gasteiger partial charge in [0, 0.05) is 23.7 Å². The second kappa shape index (κ2) is 6.76. The van der Waals surface area contributed by atoms with E-state index in [9.17, 15) is 4.39 Å². The standard InChI is InChI=1S/C18H27FN2O2Si/c1-8-15-16(12(2)21-23-15)13-9-10-20-17(19)14(13)11-22-24(6,7)18(3,4)5/h9-10H,8,11H2,1-7H3. The molecule has 0 fully saturated rings. The fraction of sp³-hybridized carbons (Fsp3) is 0.556. The molecular weight excluding hydrogens is 323 g/mol. The van der Waals surface area contributed by atoms with Gasteiger partial charge in [0.2, 0.25) is 5.95 Å². The van der Waals surface area contributed by atoms with E-state index >= 15 is 0 Å². The number of rotatable bonds is 5. The van der Waals surface area contributed by atoms with Crippen molar-refractivity contribution in [3.05, 3.63) is 35.2 Å². The minimum atomic E-state index is -1.99. The number of pyridine rings is 1. The molecule has 2 aromatic rings. The van der Waals surface area contributed by atoms with Gasteiger partial charge in [-0.05, 0) is 36.7 Å². The highest BCUT2D eigenvalue weighted by Gasteiger charge is 2.37. The average Bonchev–Trinajstić information content (AvgIpc) is 2.85. The summed E-state index contributed by atoms with van der Waals surface area (Å²) in [6.07, 6.45) is 2.18. The van der Waals surface area contributed by atoms with Gasteiger partial charge < -0.3 is 8.95 Å². The number of hydrogen-bond acceptors (Lipinski definition) is 4. The van der Waals surface area contributed by atoms with Crippen LogP contribution in [0.2, 0.25) is 18.1 Å². The third kappa shape index (κ3) is 3.59. The van der Waals surface area contributed by atoms with Crippen molar-refractivity contribution >= 4 is 8.32 Å². The van der Waals surface area contributed by atoms with Crippen LogP contribution in [0.15, 0.2) is 16.8 Å².